The molecule has 0 unspecified atom stereocenters. The number of hydrogen-bond donors (Lipinski definition) is 0. The first-order valence-electron chi connectivity index (χ1n) is 17.5. The maximum Gasteiger partial charge on any atom is 0.0544 e. The van der Waals surface area contributed by atoms with Gasteiger partial charge < -0.3 is 4.90 Å². The Morgan fingerprint density at radius 3 is 1.74 bits per heavy atom. The van der Waals surface area contributed by atoms with Gasteiger partial charge in [0, 0.05) is 22.2 Å². The van der Waals surface area contributed by atoms with E-state index in [0.29, 0.717) is 0 Å². The summed E-state index contributed by atoms with van der Waals surface area (Å²) in [6, 6.07) is 68.7. The normalized spacial score (nSPS) is 12.8. The summed E-state index contributed by atoms with van der Waals surface area (Å²) in [4.78, 5) is 2.49. The van der Waals surface area contributed by atoms with Crippen LogP contribution in [0.15, 0.2) is 188 Å². The summed E-state index contributed by atoms with van der Waals surface area (Å²) >= 11 is 0. The van der Waals surface area contributed by atoms with E-state index in [4.69, 9.17) is 0 Å². The van der Waals surface area contributed by atoms with Crippen LogP contribution in [0.4, 0.5) is 17.1 Å². The molecule has 50 heavy (non-hydrogen) atoms. The van der Waals surface area contributed by atoms with Crippen molar-refractivity contribution in [1.82, 2.24) is 0 Å². The Bertz CT molecular complexity index is 2500. The summed E-state index contributed by atoms with van der Waals surface area (Å²) in [7, 11) is 0. The number of benzene rings is 8. The van der Waals surface area contributed by atoms with Crippen molar-refractivity contribution in [2.45, 2.75) is 19.3 Å². The molecule has 0 saturated carbocycles. The molecule has 8 aromatic carbocycles. The van der Waals surface area contributed by atoms with Gasteiger partial charge >= 0.3 is 0 Å². The van der Waals surface area contributed by atoms with Crippen molar-refractivity contribution in [3.63, 3.8) is 0 Å². The van der Waals surface area contributed by atoms with Crippen LogP contribution in [0.5, 0.6) is 0 Å². The lowest BCUT2D eigenvalue weighted by Gasteiger charge is -2.32. The molecule has 0 aliphatic heterocycles. The highest BCUT2D eigenvalue weighted by Crippen LogP contribution is 2.54. The zero-order valence-corrected chi connectivity index (χ0v) is 28.3. The average molecular weight is 640 g/mol. The Labute approximate surface area is 294 Å². The van der Waals surface area contributed by atoms with E-state index in [1.165, 1.54) is 66.4 Å². The van der Waals surface area contributed by atoms with Crippen molar-refractivity contribution in [2.24, 2.45) is 0 Å². The van der Waals surface area contributed by atoms with Gasteiger partial charge in [0.15, 0.2) is 0 Å². The molecule has 0 amide bonds. The van der Waals surface area contributed by atoms with Crippen LogP contribution in [0.1, 0.15) is 25.0 Å². The lowest BCUT2D eigenvalue weighted by Crippen LogP contribution is -2.17. The zero-order chi connectivity index (χ0) is 33.7. The van der Waals surface area contributed by atoms with Crippen LogP contribution in [0.25, 0.3) is 55.3 Å². The summed E-state index contributed by atoms with van der Waals surface area (Å²) < 4.78 is 0. The van der Waals surface area contributed by atoms with E-state index in [1.54, 1.807) is 0 Å². The summed E-state index contributed by atoms with van der Waals surface area (Å²) in [5.74, 6) is 0. The van der Waals surface area contributed by atoms with E-state index in [-0.39, 0.29) is 5.41 Å². The molecular formula is C49H37N. The molecule has 1 nitrogen and oxygen atoms in total. The van der Waals surface area contributed by atoms with E-state index in [1.807, 2.05) is 0 Å². The van der Waals surface area contributed by atoms with E-state index in [2.05, 4.69) is 207 Å². The highest BCUT2D eigenvalue weighted by Gasteiger charge is 2.37. The smallest absolute Gasteiger partial charge is 0.0544 e. The van der Waals surface area contributed by atoms with Crippen molar-refractivity contribution in [2.75, 3.05) is 4.90 Å². The van der Waals surface area contributed by atoms with Crippen molar-refractivity contribution < 1.29 is 0 Å². The lowest BCUT2D eigenvalue weighted by molar-refractivity contribution is 0.660. The molecule has 0 heterocycles. The van der Waals surface area contributed by atoms with E-state index >= 15 is 0 Å². The first-order chi connectivity index (χ1) is 24.6. The SMILES string of the molecule is CC1(C)c2ccccc2-c2cc(-c3cccc4ccccc34)c(N(c3ccccc3)c3ccccc3-c3ccccc3-c3ccccc3)cc21. The van der Waals surface area contributed by atoms with Gasteiger partial charge in [0.05, 0.1) is 11.4 Å². The molecular weight excluding hydrogens is 603 g/mol. The molecule has 0 spiro atoms. The quantitative estimate of drug-likeness (QED) is 0.175. The number of nitrogens with zero attached hydrogens (tertiary/aromatic N) is 1. The summed E-state index contributed by atoms with van der Waals surface area (Å²) in [6.45, 7) is 4.74. The predicted octanol–water partition coefficient (Wildman–Crippen LogP) is 13.6. The van der Waals surface area contributed by atoms with Crippen LogP contribution >= 0.6 is 0 Å². The number of fused-ring (bicyclic) bond motifs is 4. The topological polar surface area (TPSA) is 3.24 Å². The Balaban J connectivity index is 1.38. The second-order valence-electron chi connectivity index (χ2n) is 13.7. The second kappa shape index (κ2) is 12.1. The second-order valence-corrected chi connectivity index (χ2v) is 13.7. The molecule has 8 aromatic rings. The number of rotatable bonds is 6. The fourth-order valence-corrected chi connectivity index (χ4v) is 8.07. The summed E-state index contributed by atoms with van der Waals surface area (Å²) in [5.41, 5.74) is 15.9. The minimum atomic E-state index is -0.153. The molecule has 1 aliphatic rings. The first-order valence-corrected chi connectivity index (χ1v) is 17.5. The monoisotopic (exact) mass is 639 g/mol. The van der Waals surface area contributed by atoms with Gasteiger partial charge in [-0.05, 0) is 85.6 Å². The van der Waals surface area contributed by atoms with Crippen molar-refractivity contribution in [1.29, 1.82) is 0 Å². The zero-order valence-electron chi connectivity index (χ0n) is 28.3. The van der Waals surface area contributed by atoms with Gasteiger partial charge in [0.2, 0.25) is 0 Å². The third kappa shape index (κ3) is 4.85. The van der Waals surface area contributed by atoms with Crippen LogP contribution in [0, 0.1) is 0 Å². The minimum Gasteiger partial charge on any atom is -0.309 e. The van der Waals surface area contributed by atoms with Gasteiger partial charge in [-0.1, -0.05) is 172 Å². The predicted molar refractivity (Wildman–Crippen MR) is 213 cm³/mol. The van der Waals surface area contributed by atoms with Gasteiger partial charge in [-0.15, -0.1) is 0 Å². The summed E-state index contributed by atoms with van der Waals surface area (Å²) in [6.07, 6.45) is 0. The maximum absolute atomic E-state index is 2.49. The first kappa shape index (κ1) is 29.9. The molecule has 0 aromatic heterocycles. The molecule has 0 fully saturated rings. The third-order valence-corrected chi connectivity index (χ3v) is 10.5. The molecule has 238 valence electrons. The Kier molecular flexibility index (Phi) is 7.21. The Morgan fingerprint density at radius 2 is 0.940 bits per heavy atom. The molecule has 0 bridgehead atoms. The standard InChI is InChI=1S/C49H37N/c1-49(2)45-30-15-13-27-41(45)43-32-44(40-29-17-21-35-20-9-10-24-38(35)40)48(33-46(43)49)50(36-22-7-4-8-23-36)47-31-16-14-28-42(47)39-26-12-11-25-37(39)34-18-5-3-6-19-34/h3-33H,1-2H3. The molecule has 0 radical (unpaired) electrons. The van der Waals surface area contributed by atoms with Crippen LogP contribution < -0.4 is 4.90 Å². The highest BCUT2D eigenvalue weighted by molar-refractivity contribution is 6.05. The van der Waals surface area contributed by atoms with Crippen LogP contribution in [0.2, 0.25) is 0 Å². The lowest BCUT2D eigenvalue weighted by atomic mass is 9.81. The van der Waals surface area contributed by atoms with Crippen molar-refractivity contribution in [3.05, 3.63) is 199 Å². The molecule has 9 rings (SSSR count). The summed E-state index contributed by atoms with van der Waals surface area (Å²) in [5, 5.41) is 2.48. The average Bonchev–Trinajstić information content (AvgIpc) is 3.40. The van der Waals surface area contributed by atoms with Gasteiger partial charge in [-0.2, -0.15) is 0 Å². The van der Waals surface area contributed by atoms with E-state index < -0.39 is 0 Å². The number of para-hydroxylation sites is 2. The molecule has 1 aliphatic carbocycles. The molecule has 0 atom stereocenters. The van der Waals surface area contributed by atoms with Crippen molar-refractivity contribution in [3.8, 4) is 44.5 Å². The fourth-order valence-electron chi connectivity index (χ4n) is 8.07. The maximum atomic E-state index is 2.49. The largest absolute Gasteiger partial charge is 0.309 e. The number of anilines is 3. The van der Waals surface area contributed by atoms with Gasteiger partial charge in [-0.25, -0.2) is 0 Å². The fraction of sp³-hybridized carbons (Fsp3) is 0.0612. The van der Waals surface area contributed by atoms with Crippen LogP contribution in [-0.2, 0) is 5.41 Å². The van der Waals surface area contributed by atoms with Crippen molar-refractivity contribution >= 4 is 27.8 Å². The van der Waals surface area contributed by atoms with Crippen LogP contribution in [-0.4, -0.2) is 0 Å². The van der Waals surface area contributed by atoms with Crippen LogP contribution in [0.3, 0.4) is 0 Å². The minimum absolute atomic E-state index is 0.153. The van der Waals surface area contributed by atoms with Gasteiger partial charge in [0.25, 0.3) is 0 Å². The molecule has 0 saturated heterocycles. The number of hydrogen-bond acceptors (Lipinski definition) is 1. The molecule has 1 heteroatoms. The van der Waals surface area contributed by atoms with Gasteiger partial charge in [-0.3, -0.25) is 0 Å². The molecule has 0 N–H and O–H groups in total. The van der Waals surface area contributed by atoms with E-state index in [0.717, 1.165) is 17.1 Å². The third-order valence-electron chi connectivity index (χ3n) is 10.5. The Hall–Kier alpha value is -6.18. The highest BCUT2D eigenvalue weighted by atomic mass is 15.1. The van der Waals surface area contributed by atoms with Gasteiger partial charge in [0.1, 0.15) is 0 Å². The van der Waals surface area contributed by atoms with E-state index in [9.17, 15) is 0 Å². The Morgan fingerprint density at radius 1 is 0.360 bits per heavy atom.